The minimum absolute atomic E-state index is 0.293. The van der Waals surface area contributed by atoms with Gasteiger partial charge in [-0.1, -0.05) is 27.2 Å². The second kappa shape index (κ2) is 7.56. The fraction of sp³-hybridized carbons (Fsp3) is 0.900. The lowest BCUT2D eigenvalue weighted by Crippen LogP contribution is -2.17. The molecule has 0 saturated carbocycles. The first-order chi connectivity index (χ1) is 5.66. The van der Waals surface area contributed by atoms with Crippen molar-refractivity contribution in [3.63, 3.8) is 0 Å². The molecule has 2 heteroatoms. The van der Waals surface area contributed by atoms with E-state index < -0.39 is 0 Å². The van der Waals surface area contributed by atoms with Crippen LogP contribution in [0.3, 0.4) is 0 Å². The fourth-order valence-electron chi connectivity index (χ4n) is 0.707. The van der Waals surface area contributed by atoms with Crippen molar-refractivity contribution >= 4 is 0 Å². The molecule has 0 saturated heterocycles. The number of rotatable bonds is 7. The normalized spacial score (nSPS) is 13.8. The Labute approximate surface area is 76.3 Å². The molecular formula is C10H21O2. The van der Waals surface area contributed by atoms with Crippen LogP contribution in [-0.4, -0.2) is 19.5 Å². The van der Waals surface area contributed by atoms with Crippen LogP contribution in [0.25, 0.3) is 0 Å². The van der Waals surface area contributed by atoms with Gasteiger partial charge in [0.25, 0.3) is 0 Å². The molecule has 0 N–H and O–H groups in total. The maximum atomic E-state index is 5.32. The van der Waals surface area contributed by atoms with Gasteiger partial charge in [0.2, 0.25) is 0 Å². The molecule has 2 nitrogen and oxygen atoms in total. The van der Waals surface area contributed by atoms with E-state index in [1.807, 2.05) is 0 Å². The highest BCUT2D eigenvalue weighted by Crippen LogP contribution is 2.00. The lowest BCUT2D eigenvalue weighted by atomic mass is 10.2. The minimum Gasteiger partial charge on any atom is -0.353 e. The summed E-state index contributed by atoms with van der Waals surface area (Å²) in [6, 6.07) is 0. The van der Waals surface area contributed by atoms with Gasteiger partial charge in [-0.3, -0.25) is 0 Å². The number of hydrogen-bond acceptors (Lipinski definition) is 2. The van der Waals surface area contributed by atoms with Crippen LogP contribution in [0.15, 0.2) is 0 Å². The van der Waals surface area contributed by atoms with E-state index in [4.69, 9.17) is 9.47 Å². The minimum atomic E-state index is -0.293. The molecule has 0 amide bonds. The Hall–Kier alpha value is -0.0800. The van der Waals surface area contributed by atoms with Gasteiger partial charge in [-0.05, 0) is 12.3 Å². The van der Waals surface area contributed by atoms with Crippen LogP contribution < -0.4 is 0 Å². The molecule has 12 heavy (non-hydrogen) atoms. The van der Waals surface area contributed by atoms with E-state index in [1.54, 1.807) is 0 Å². The third-order valence-corrected chi connectivity index (χ3v) is 1.42. The molecule has 0 aromatic carbocycles. The monoisotopic (exact) mass is 173 g/mol. The van der Waals surface area contributed by atoms with Crippen LogP contribution in [0.4, 0.5) is 0 Å². The first kappa shape index (κ1) is 11.9. The van der Waals surface area contributed by atoms with Crippen molar-refractivity contribution in [1.29, 1.82) is 0 Å². The fourth-order valence-corrected chi connectivity index (χ4v) is 0.707. The van der Waals surface area contributed by atoms with Crippen LogP contribution in [0.2, 0.25) is 0 Å². The van der Waals surface area contributed by atoms with Crippen LogP contribution in [0, 0.1) is 12.8 Å². The molecule has 0 aromatic rings. The summed E-state index contributed by atoms with van der Waals surface area (Å²) in [6.07, 6.45) is 1.94. The quantitative estimate of drug-likeness (QED) is 0.435. The average molecular weight is 173 g/mol. The average Bonchev–Trinajstić information content (AvgIpc) is 2.01. The standard InChI is InChI=1S/C10H21O2/c1-5-6-7-11-10(4)12-8-9(2)3/h9-10H,4-8H2,1-3H3. The summed E-state index contributed by atoms with van der Waals surface area (Å²) in [5.74, 6) is 0.545. The molecule has 1 radical (unpaired) electrons. The molecule has 0 aromatic heterocycles. The van der Waals surface area contributed by atoms with Gasteiger partial charge in [0, 0.05) is 13.5 Å². The summed E-state index contributed by atoms with van der Waals surface area (Å²) in [5, 5.41) is 0. The van der Waals surface area contributed by atoms with Gasteiger partial charge >= 0.3 is 0 Å². The predicted molar refractivity (Wildman–Crippen MR) is 50.8 cm³/mol. The van der Waals surface area contributed by atoms with E-state index >= 15 is 0 Å². The lowest BCUT2D eigenvalue weighted by molar-refractivity contribution is -0.120. The molecule has 73 valence electrons. The number of unbranched alkanes of at least 4 members (excludes halogenated alkanes) is 1. The van der Waals surface area contributed by atoms with Gasteiger partial charge in [-0.25, -0.2) is 0 Å². The first-order valence-electron chi connectivity index (χ1n) is 4.73. The van der Waals surface area contributed by atoms with E-state index in [0.29, 0.717) is 5.92 Å². The van der Waals surface area contributed by atoms with E-state index in [1.165, 1.54) is 0 Å². The topological polar surface area (TPSA) is 18.5 Å². The number of ether oxygens (including phenoxy) is 2. The van der Waals surface area contributed by atoms with E-state index in [9.17, 15) is 0 Å². The van der Waals surface area contributed by atoms with Gasteiger partial charge in [0.05, 0.1) is 6.61 Å². The van der Waals surface area contributed by atoms with Crippen molar-refractivity contribution in [1.82, 2.24) is 0 Å². The molecular weight excluding hydrogens is 152 g/mol. The van der Waals surface area contributed by atoms with Crippen molar-refractivity contribution in [3.05, 3.63) is 6.92 Å². The van der Waals surface area contributed by atoms with Crippen molar-refractivity contribution in [2.75, 3.05) is 13.2 Å². The molecule has 1 unspecified atom stereocenters. The molecule has 0 spiro atoms. The van der Waals surface area contributed by atoms with Crippen LogP contribution in [0.1, 0.15) is 33.6 Å². The second-order valence-electron chi connectivity index (χ2n) is 3.38. The van der Waals surface area contributed by atoms with Crippen molar-refractivity contribution < 1.29 is 9.47 Å². The Balaban J connectivity index is 3.15. The maximum absolute atomic E-state index is 5.32. The maximum Gasteiger partial charge on any atom is 0.157 e. The summed E-state index contributed by atoms with van der Waals surface area (Å²) >= 11 is 0. The van der Waals surface area contributed by atoms with Gasteiger partial charge in [-0.2, -0.15) is 0 Å². The van der Waals surface area contributed by atoms with Gasteiger partial charge in [-0.15, -0.1) is 0 Å². The van der Waals surface area contributed by atoms with Crippen LogP contribution >= 0.6 is 0 Å². The molecule has 0 aliphatic heterocycles. The van der Waals surface area contributed by atoms with E-state index in [2.05, 4.69) is 27.7 Å². The summed E-state index contributed by atoms with van der Waals surface area (Å²) in [6.45, 7) is 11.6. The molecule has 0 fully saturated rings. The highest BCUT2D eigenvalue weighted by molar-refractivity contribution is 4.48. The molecule has 0 aliphatic carbocycles. The van der Waals surface area contributed by atoms with E-state index in [-0.39, 0.29) is 6.29 Å². The zero-order valence-corrected chi connectivity index (χ0v) is 8.51. The lowest BCUT2D eigenvalue weighted by Gasteiger charge is -2.14. The SMILES string of the molecule is [CH2]C(OCCCC)OCC(C)C. The first-order valence-corrected chi connectivity index (χ1v) is 4.73. The predicted octanol–water partition coefficient (Wildman–Crippen LogP) is 2.64. The van der Waals surface area contributed by atoms with Gasteiger partial charge in [0.1, 0.15) is 0 Å². The Bertz CT molecular complexity index is 91.8. The van der Waals surface area contributed by atoms with Crippen molar-refractivity contribution in [2.24, 2.45) is 5.92 Å². The van der Waals surface area contributed by atoms with E-state index in [0.717, 1.165) is 26.1 Å². The molecule has 0 rings (SSSR count). The third kappa shape index (κ3) is 8.02. The number of hydrogen-bond donors (Lipinski definition) is 0. The third-order valence-electron chi connectivity index (χ3n) is 1.42. The van der Waals surface area contributed by atoms with Crippen LogP contribution in [-0.2, 0) is 9.47 Å². The van der Waals surface area contributed by atoms with Gasteiger partial charge in [0.15, 0.2) is 6.29 Å². The molecule has 0 heterocycles. The zero-order valence-electron chi connectivity index (χ0n) is 8.51. The highest BCUT2D eigenvalue weighted by Gasteiger charge is 2.02. The summed E-state index contributed by atoms with van der Waals surface area (Å²) < 4.78 is 10.6. The Morgan fingerprint density at radius 1 is 1.25 bits per heavy atom. The van der Waals surface area contributed by atoms with Crippen LogP contribution in [0.5, 0.6) is 0 Å². The Morgan fingerprint density at radius 3 is 2.42 bits per heavy atom. The molecule has 1 atom stereocenters. The zero-order chi connectivity index (χ0) is 9.40. The Morgan fingerprint density at radius 2 is 1.92 bits per heavy atom. The summed E-state index contributed by atoms with van der Waals surface area (Å²) in [4.78, 5) is 0. The van der Waals surface area contributed by atoms with Crippen molar-refractivity contribution in [3.8, 4) is 0 Å². The smallest absolute Gasteiger partial charge is 0.157 e. The summed E-state index contributed by atoms with van der Waals surface area (Å²) in [7, 11) is 0. The Kier molecular flexibility index (Phi) is 7.51. The largest absolute Gasteiger partial charge is 0.353 e. The highest BCUT2D eigenvalue weighted by atomic mass is 16.7. The van der Waals surface area contributed by atoms with Crippen molar-refractivity contribution in [2.45, 2.75) is 39.9 Å². The summed E-state index contributed by atoms with van der Waals surface area (Å²) in [5.41, 5.74) is 0. The molecule has 0 bridgehead atoms. The molecule has 0 aliphatic rings. The van der Waals surface area contributed by atoms with Gasteiger partial charge < -0.3 is 9.47 Å². The second-order valence-corrected chi connectivity index (χ2v) is 3.38.